The number of benzene rings is 9. The van der Waals surface area contributed by atoms with Gasteiger partial charge in [0, 0.05) is 32.6 Å². The summed E-state index contributed by atoms with van der Waals surface area (Å²) in [6.07, 6.45) is 0. The van der Waals surface area contributed by atoms with Crippen molar-refractivity contribution in [3.63, 3.8) is 0 Å². The van der Waals surface area contributed by atoms with Gasteiger partial charge in [-0.25, -0.2) is 4.39 Å². The lowest BCUT2D eigenvalue weighted by Gasteiger charge is -2.13. The predicted molar refractivity (Wildman–Crippen MR) is 228 cm³/mol. The maximum Gasteiger partial charge on any atom is 0.123 e. The highest BCUT2D eigenvalue weighted by Crippen LogP contribution is 2.50. The molecule has 1 aliphatic carbocycles. The van der Waals surface area contributed by atoms with E-state index in [2.05, 4.69) is 173 Å². The van der Waals surface area contributed by atoms with Crippen LogP contribution in [-0.2, 0) is 0 Å². The molecule has 2 aromatic heterocycles. The Labute approximate surface area is 316 Å². The van der Waals surface area contributed by atoms with Gasteiger partial charge in [0.2, 0.25) is 0 Å². The van der Waals surface area contributed by atoms with E-state index < -0.39 is 0 Å². The summed E-state index contributed by atoms with van der Waals surface area (Å²) in [6, 6.07) is 66.7. The lowest BCUT2D eigenvalue weighted by molar-refractivity contribution is 0.628. The zero-order valence-electron chi connectivity index (χ0n) is 29.7. The van der Waals surface area contributed by atoms with Crippen molar-refractivity contribution in [1.29, 1.82) is 0 Å². The molecular formula is C52H31FN2. The summed E-state index contributed by atoms with van der Waals surface area (Å²) in [5.74, 6) is -0.221. The average Bonchev–Trinajstić information content (AvgIpc) is 3.87. The van der Waals surface area contributed by atoms with Gasteiger partial charge < -0.3 is 9.13 Å². The second kappa shape index (κ2) is 11.4. The zero-order valence-corrected chi connectivity index (χ0v) is 29.7. The van der Waals surface area contributed by atoms with E-state index >= 15 is 0 Å². The van der Waals surface area contributed by atoms with Crippen molar-refractivity contribution in [3.8, 4) is 55.9 Å². The van der Waals surface area contributed by atoms with E-state index in [-0.39, 0.29) is 5.82 Å². The Morgan fingerprint density at radius 3 is 1.56 bits per heavy atom. The van der Waals surface area contributed by atoms with Crippen molar-refractivity contribution in [1.82, 2.24) is 9.13 Å². The van der Waals surface area contributed by atoms with Gasteiger partial charge in [-0.3, -0.25) is 0 Å². The van der Waals surface area contributed by atoms with Crippen LogP contribution in [0, 0.1) is 5.82 Å². The Morgan fingerprint density at radius 2 is 0.836 bits per heavy atom. The summed E-state index contributed by atoms with van der Waals surface area (Å²) < 4.78 is 18.6. The summed E-state index contributed by atoms with van der Waals surface area (Å²) in [4.78, 5) is 0. The van der Waals surface area contributed by atoms with Gasteiger partial charge >= 0.3 is 0 Å². The summed E-state index contributed by atoms with van der Waals surface area (Å²) in [5, 5.41) is 7.46. The molecule has 0 saturated carbocycles. The van der Waals surface area contributed by atoms with Gasteiger partial charge in [0.25, 0.3) is 0 Å². The minimum Gasteiger partial charge on any atom is -0.309 e. The van der Waals surface area contributed by atoms with Crippen molar-refractivity contribution < 1.29 is 4.39 Å². The number of para-hydroxylation sites is 3. The smallest absolute Gasteiger partial charge is 0.123 e. The fourth-order valence-electron chi connectivity index (χ4n) is 9.28. The molecular weight excluding hydrogens is 672 g/mol. The lowest BCUT2D eigenvalue weighted by atomic mass is 9.97. The summed E-state index contributed by atoms with van der Waals surface area (Å²) >= 11 is 0. The van der Waals surface area contributed by atoms with Crippen LogP contribution in [0.15, 0.2) is 188 Å². The molecule has 1 aliphatic rings. The van der Waals surface area contributed by atoms with E-state index in [1.807, 2.05) is 12.1 Å². The molecule has 256 valence electrons. The van der Waals surface area contributed by atoms with Crippen molar-refractivity contribution in [2.75, 3.05) is 0 Å². The molecule has 0 atom stereocenters. The zero-order chi connectivity index (χ0) is 36.2. The van der Waals surface area contributed by atoms with E-state index in [9.17, 15) is 4.39 Å². The monoisotopic (exact) mass is 702 g/mol. The first kappa shape index (κ1) is 30.3. The van der Waals surface area contributed by atoms with Crippen LogP contribution in [0.1, 0.15) is 0 Å². The molecule has 2 nitrogen and oxygen atoms in total. The topological polar surface area (TPSA) is 9.86 Å². The Morgan fingerprint density at radius 1 is 0.309 bits per heavy atom. The van der Waals surface area contributed by atoms with Crippen LogP contribution < -0.4 is 0 Å². The highest BCUT2D eigenvalue weighted by molar-refractivity contribution is 6.19. The third kappa shape index (κ3) is 4.35. The van der Waals surface area contributed by atoms with Crippen LogP contribution in [0.25, 0.3) is 110 Å². The van der Waals surface area contributed by atoms with E-state index in [1.165, 1.54) is 106 Å². The first-order valence-electron chi connectivity index (χ1n) is 18.8. The van der Waals surface area contributed by atoms with E-state index in [0.29, 0.717) is 0 Å². The number of hydrogen-bond acceptors (Lipinski definition) is 0. The van der Waals surface area contributed by atoms with Gasteiger partial charge in [-0.2, -0.15) is 0 Å². The number of nitrogens with zero attached hydrogens (tertiary/aromatic N) is 2. The van der Waals surface area contributed by atoms with Gasteiger partial charge in [-0.15, -0.1) is 0 Å². The van der Waals surface area contributed by atoms with Crippen molar-refractivity contribution in [2.45, 2.75) is 0 Å². The molecule has 3 heteroatoms. The summed E-state index contributed by atoms with van der Waals surface area (Å²) in [5.41, 5.74) is 16.5. The van der Waals surface area contributed by atoms with Crippen LogP contribution in [0.4, 0.5) is 4.39 Å². The van der Waals surface area contributed by atoms with Crippen LogP contribution in [0.3, 0.4) is 0 Å². The van der Waals surface area contributed by atoms with Crippen molar-refractivity contribution in [2.24, 2.45) is 0 Å². The molecule has 0 amide bonds. The number of halogens is 1. The van der Waals surface area contributed by atoms with Crippen LogP contribution in [0.5, 0.6) is 0 Å². The minimum absolute atomic E-state index is 0.221. The quantitative estimate of drug-likeness (QED) is 0.173. The molecule has 0 aliphatic heterocycles. The highest BCUT2D eigenvalue weighted by Gasteiger charge is 2.25. The molecule has 0 spiro atoms. The first-order chi connectivity index (χ1) is 27.2. The summed E-state index contributed by atoms with van der Waals surface area (Å²) in [7, 11) is 0. The SMILES string of the molecule is Fc1ccc(-c2ccc3c(c2)-c2cccc4c(-n5c6ccccc6c6cc(-c7ccc8c(c7)c7ccccc7n8-c7ccccc7)ccc65)ccc-3c24)cc1. The van der Waals surface area contributed by atoms with Gasteiger partial charge in [-0.1, -0.05) is 115 Å². The Kier molecular flexibility index (Phi) is 6.26. The maximum atomic E-state index is 13.7. The van der Waals surface area contributed by atoms with Crippen LogP contribution in [0.2, 0.25) is 0 Å². The van der Waals surface area contributed by atoms with E-state index in [0.717, 1.165) is 16.8 Å². The third-order valence-corrected chi connectivity index (χ3v) is 11.7. The van der Waals surface area contributed by atoms with E-state index in [1.54, 1.807) is 0 Å². The normalized spacial score (nSPS) is 12.1. The largest absolute Gasteiger partial charge is 0.309 e. The molecule has 0 N–H and O–H groups in total. The molecule has 0 fully saturated rings. The molecule has 11 aromatic rings. The third-order valence-electron chi connectivity index (χ3n) is 11.7. The highest BCUT2D eigenvalue weighted by atomic mass is 19.1. The number of hydrogen-bond donors (Lipinski definition) is 0. The van der Waals surface area contributed by atoms with Gasteiger partial charge in [0.05, 0.1) is 27.8 Å². The van der Waals surface area contributed by atoms with Crippen molar-refractivity contribution in [3.05, 3.63) is 194 Å². The molecule has 9 aromatic carbocycles. The second-order valence-corrected chi connectivity index (χ2v) is 14.6. The Bertz CT molecular complexity index is 3370. The van der Waals surface area contributed by atoms with Gasteiger partial charge in [0.15, 0.2) is 0 Å². The maximum absolute atomic E-state index is 13.7. The van der Waals surface area contributed by atoms with E-state index in [4.69, 9.17) is 0 Å². The Balaban J connectivity index is 1.02. The molecule has 12 rings (SSSR count). The lowest BCUT2D eigenvalue weighted by Crippen LogP contribution is -1.95. The molecule has 0 unspecified atom stereocenters. The number of fused-ring (bicyclic) bond motifs is 9. The van der Waals surface area contributed by atoms with Crippen LogP contribution in [-0.4, -0.2) is 9.13 Å². The molecule has 2 heterocycles. The molecule has 55 heavy (non-hydrogen) atoms. The van der Waals surface area contributed by atoms with Gasteiger partial charge in [-0.05, 0) is 123 Å². The fraction of sp³-hybridized carbons (Fsp3) is 0. The molecule has 0 saturated heterocycles. The molecule has 0 bridgehead atoms. The second-order valence-electron chi connectivity index (χ2n) is 14.6. The van der Waals surface area contributed by atoms with Gasteiger partial charge in [0.1, 0.15) is 5.82 Å². The van der Waals surface area contributed by atoms with Crippen molar-refractivity contribution >= 4 is 54.4 Å². The predicted octanol–water partition coefficient (Wildman–Crippen LogP) is 14.2. The Hall–Kier alpha value is -7.23. The first-order valence-corrected chi connectivity index (χ1v) is 18.8. The number of rotatable bonds is 4. The minimum atomic E-state index is -0.221. The standard InChI is InChI=1S/C52H31FN2/c53-36-22-17-32(18-23-36)33-19-24-38-42-25-28-49(43-14-8-13-41(52(42)43)44(38)29-33)55-48-16-7-5-12-40(48)46-31-35(21-27-51(46)55)34-20-26-50-45(30-34)39-11-4-6-15-47(39)54(50)37-9-2-1-3-10-37/h1-31H. The van der Waals surface area contributed by atoms with Crippen LogP contribution >= 0.6 is 0 Å². The summed E-state index contributed by atoms with van der Waals surface area (Å²) in [6.45, 7) is 0. The number of aromatic nitrogens is 2. The fourth-order valence-corrected chi connectivity index (χ4v) is 9.28. The molecule has 0 radical (unpaired) electrons. The average molecular weight is 703 g/mol.